The lowest BCUT2D eigenvalue weighted by Crippen LogP contribution is -2.43. The Kier molecular flexibility index (Phi) is 5.64. The van der Waals surface area contributed by atoms with Crippen LogP contribution in [0.25, 0.3) is 0 Å². The number of aryl methyl sites for hydroxylation is 2. The highest BCUT2D eigenvalue weighted by Gasteiger charge is 2.27. The summed E-state index contributed by atoms with van der Waals surface area (Å²) in [5.74, 6) is -0.935. The molecule has 2 aliphatic heterocycles. The lowest BCUT2D eigenvalue weighted by molar-refractivity contribution is -0.143. The van der Waals surface area contributed by atoms with Crippen LogP contribution in [0.5, 0.6) is 0 Å². The van der Waals surface area contributed by atoms with Crippen LogP contribution in [0.3, 0.4) is 0 Å². The van der Waals surface area contributed by atoms with Gasteiger partial charge in [0.15, 0.2) is 0 Å². The molecule has 1 atom stereocenters. The van der Waals surface area contributed by atoms with Gasteiger partial charge in [0.25, 0.3) is 0 Å². The Labute approximate surface area is 166 Å². The van der Waals surface area contributed by atoms with E-state index in [2.05, 4.69) is 58.3 Å². The number of carbonyl (C=O) groups is 1. The fourth-order valence-corrected chi connectivity index (χ4v) is 4.50. The van der Waals surface area contributed by atoms with Gasteiger partial charge in [-0.15, -0.1) is 0 Å². The van der Waals surface area contributed by atoms with E-state index >= 15 is 0 Å². The van der Waals surface area contributed by atoms with Gasteiger partial charge in [0, 0.05) is 17.9 Å². The topological polar surface area (TPSA) is 64.0 Å². The summed E-state index contributed by atoms with van der Waals surface area (Å²) in [5.41, 5.74) is 4.98. The second-order valence-corrected chi connectivity index (χ2v) is 7.93. The molecule has 148 valence electrons. The molecule has 2 heterocycles. The summed E-state index contributed by atoms with van der Waals surface area (Å²) in [4.78, 5) is 15.6. The predicted octanol–water partition coefficient (Wildman–Crippen LogP) is 3.08. The molecular weight excluding hydrogens is 352 g/mol. The van der Waals surface area contributed by atoms with E-state index in [1.54, 1.807) is 0 Å². The highest BCUT2D eigenvalue weighted by atomic mass is 16.4. The second kappa shape index (κ2) is 8.33. The molecule has 0 aromatic heterocycles. The third kappa shape index (κ3) is 4.05. The monoisotopic (exact) mass is 380 g/mol. The van der Waals surface area contributed by atoms with E-state index < -0.39 is 12.1 Å². The lowest BCUT2D eigenvalue weighted by atomic mass is 9.97. The minimum Gasteiger partial charge on any atom is -0.481 e. The van der Waals surface area contributed by atoms with Crippen LogP contribution in [0.2, 0.25) is 0 Å². The number of benzene rings is 2. The van der Waals surface area contributed by atoms with E-state index in [9.17, 15) is 9.90 Å². The lowest BCUT2D eigenvalue weighted by Gasteiger charge is -2.34. The quantitative estimate of drug-likeness (QED) is 0.835. The molecule has 2 aromatic rings. The number of piperidine rings is 1. The van der Waals surface area contributed by atoms with Crippen LogP contribution >= 0.6 is 0 Å². The molecule has 0 amide bonds. The van der Waals surface area contributed by atoms with Gasteiger partial charge in [-0.3, -0.25) is 4.79 Å². The van der Waals surface area contributed by atoms with Crippen molar-refractivity contribution in [2.75, 3.05) is 31.1 Å². The van der Waals surface area contributed by atoms with Crippen LogP contribution in [-0.2, 0) is 17.6 Å². The summed E-state index contributed by atoms with van der Waals surface area (Å²) in [6.45, 7) is 2.59. The van der Waals surface area contributed by atoms with Crippen molar-refractivity contribution in [3.63, 3.8) is 0 Å². The maximum absolute atomic E-state index is 11.1. The Morgan fingerprint density at radius 2 is 1.46 bits per heavy atom. The van der Waals surface area contributed by atoms with Gasteiger partial charge in [-0.1, -0.05) is 36.4 Å². The molecule has 4 rings (SSSR count). The fourth-order valence-electron chi connectivity index (χ4n) is 4.50. The largest absolute Gasteiger partial charge is 0.481 e. The Hall–Kier alpha value is -2.37. The summed E-state index contributed by atoms with van der Waals surface area (Å²) in [5, 5.41) is 20.0. The van der Waals surface area contributed by atoms with Gasteiger partial charge in [0.05, 0.1) is 18.6 Å². The number of hydrogen-bond acceptors (Lipinski definition) is 4. The van der Waals surface area contributed by atoms with E-state index in [1.807, 2.05) is 0 Å². The van der Waals surface area contributed by atoms with Crippen LogP contribution in [0.15, 0.2) is 48.5 Å². The number of fused-ring (bicyclic) bond motifs is 2. The van der Waals surface area contributed by atoms with Crippen LogP contribution in [0.1, 0.15) is 24.0 Å². The Morgan fingerprint density at radius 3 is 2.00 bits per heavy atom. The first kappa shape index (κ1) is 19.0. The maximum Gasteiger partial charge on any atom is 0.306 e. The third-order valence-electron chi connectivity index (χ3n) is 6.03. The number of aliphatic carboxylic acids is 1. The summed E-state index contributed by atoms with van der Waals surface area (Å²) in [6.07, 6.45) is 2.83. The number of anilines is 2. The molecule has 0 aliphatic carbocycles. The van der Waals surface area contributed by atoms with Gasteiger partial charge in [-0.05, 0) is 62.0 Å². The number of likely N-dealkylation sites (tertiary alicyclic amines) is 1. The molecular formula is C23H28N2O3. The molecule has 2 N–H and O–H groups in total. The zero-order valence-electron chi connectivity index (χ0n) is 16.1. The second-order valence-electron chi connectivity index (χ2n) is 7.93. The Morgan fingerprint density at radius 1 is 0.929 bits per heavy atom. The van der Waals surface area contributed by atoms with Gasteiger partial charge in [0.1, 0.15) is 0 Å². The SMILES string of the molecule is O=C(O)C1CCN(CC(O)CN2c3ccccc3CCc3ccccc32)CC1. The van der Waals surface area contributed by atoms with E-state index in [4.69, 9.17) is 5.11 Å². The molecule has 2 aliphatic rings. The van der Waals surface area contributed by atoms with Crippen molar-refractivity contribution in [2.24, 2.45) is 5.92 Å². The molecule has 0 saturated carbocycles. The first-order valence-electron chi connectivity index (χ1n) is 10.2. The van der Waals surface area contributed by atoms with Crippen molar-refractivity contribution in [1.29, 1.82) is 0 Å². The van der Waals surface area contributed by atoms with Gasteiger partial charge < -0.3 is 20.0 Å². The maximum atomic E-state index is 11.1. The van der Waals surface area contributed by atoms with Crippen molar-refractivity contribution in [2.45, 2.75) is 31.8 Å². The van der Waals surface area contributed by atoms with Crippen molar-refractivity contribution < 1.29 is 15.0 Å². The third-order valence-corrected chi connectivity index (χ3v) is 6.03. The number of hydrogen-bond donors (Lipinski definition) is 2. The smallest absolute Gasteiger partial charge is 0.306 e. The van der Waals surface area contributed by atoms with Crippen LogP contribution in [0.4, 0.5) is 11.4 Å². The van der Waals surface area contributed by atoms with Crippen LogP contribution in [-0.4, -0.2) is 53.4 Å². The number of carboxylic acids is 1. The molecule has 28 heavy (non-hydrogen) atoms. The summed E-state index contributed by atoms with van der Waals surface area (Å²) in [7, 11) is 0. The van der Waals surface area contributed by atoms with Crippen LogP contribution < -0.4 is 4.90 Å². The minimum absolute atomic E-state index is 0.238. The molecule has 5 heteroatoms. The highest BCUT2D eigenvalue weighted by molar-refractivity contribution is 5.71. The van der Waals surface area contributed by atoms with Crippen LogP contribution in [0, 0.1) is 5.92 Å². The average molecular weight is 380 g/mol. The molecule has 0 bridgehead atoms. The zero-order chi connectivity index (χ0) is 19.5. The number of aliphatic hydroxyl groups excluding tert-OH is 1. The Bertz CT molecular complexity index is 783. The first-order valence-corrected chi connectivity index (χ1v) is 10.2. The number of carboxylic acid groups (broad SMARTS) is 1. The molecule has 5 nitrogen and oxygen atoms in total. The summed E-state index contributed by atoms with van der Waals surface area (Å²) in [6, 6.07) is 16.9. The molecule has 1 unspecified atom stereocenters. The molecule has 2 aromatic carbocycles. The number of rotatable bonds is 5. The van der Waals surface area contributed by atoms with Crippen molar-refractivity contribution in [3.05, 3.63) is 59.7 Å². The van der Waals surface area contributed by atoms with Gasteiger partial charge in [-0.2, -0.15) is 0 Å². The molecule has 0 spiro atoms. The minimum atomic E-state index is -0.696. The van der Waals surface area contributed by atoms with E-state index in [0.29, 0.717) is 25.9 Å². The van der Waals surface area contributed by atoms with Gasteiger partial charge >= 0.3 is 5.97 Å². The molecule has 1 saturated heterocycles. The summed E-state index contributed by atoms with van der Waals surface area (Å²) < 4.78 is 0. The molecule has 1 fully saturated rings. The molecule has 0 radical (unpaired) electrons. The van der Waals surface area contributed by atoms with Gasteiger partial charge in [-0.25, -0.2) is 0 Å². The average Bonchev–Trinajstić information content (AvgIpc) is 2.86. The summed E-state index contributed by atoms with van der Waals surface area (Å²) >= 11 is 0. The normalized spacial score (nSPS) is 18.8. The zero-order valence-corrected chi connectivity index (χ0v) is 16.1. The van der Waals surface area contributed by atoms with Gasteiger partial charge in [0.2, 0.25) is 0 Å². The van der Waals surface area contributed by atoms with Crippen molar-refractivity contribution in [3.8, 4) is 0 Å². The van der Waals surface area contributed by atoms with E-state index in [-0.39, 0.29) is 5.92 Å². The fraction of sp³-hybridized carbons (Fsp3) is 0.435. The van der Waals surface area contributed by atoms with Crippen molar-refractivity contribution >= 4 is 17.3 Å². The highest BCUT2D eigenvalue weighted by Crippen LogP contribution is 2.36. The number of nitrogens with zero attached hydrogens (tertiary/aromatic N) is 2. The number of para-hydroxylation sites is 2. The first-order chi connectivity index (χ1) is 13.6. The van der Waals surface area contributed by atoms with E-state index in [1.165, 1.54) is 22.5 Å². The standard InChI is InChI=1S/C23H28N2O3/c26-20(15-24-13-11-19(12-14-24)23(27)28)16-25-21-7-3-1-5-17(21)9-10-18-6-2-4-8-22(18)25/h1-8,19-20,26H,9-16H2,(H,27,28). The predicted molar refractivity (Wildman–Crippen MR) is 110 cm³/mol. The van der Waals surface area contributed by atoms with E-state index in [0.717, 1.165) is 25.9 Å². The number of β-amino-alcohol motifs (C(OH)–C–C–N with tert-alkyl or cyclic N) is 1. The Balaban J connectivity index is 1.49. The van der Waals surface area contributed by atoms with Crippen molar-refractivity contribution in [1.82, 2.24) is 4.90 Å². The number of aliphatic hydroxyl groups is 1.